The lowest BCUT2D eigenvalue weighted by molar-refractivity contribution is 0.213. The van der Waals surface area contributed by atoms with Gasteiger partial charge in [-0.25, -0.2) is 4.98 Å². The molecule has 1 aromatic heterocycles. The van der Waals surface area contributed by atoms with Crippen LogP contribution in [-0.4, -0.2) is 54.1 Å². The fraction of sp³-hybridized carbons (Fsp3) is 0.667. The molecule has 2 bridgehead atoms. The topological polar surface area (TPSA) is 31.4 Å². The highest BCUT2D eigenvalue weighted by molar-refractivity contribution is 6.31. The highest BCUT2D eigenvalue weighted by Crippen LogP contribution is 2.29. The number of nitrogens with one attached hydrogen (secondary N) is 1. The number of hydrogen-bond acceptors (Lipinski definition) is 4. The summed E-state index contributed by atoms with van der Waals surface area (Å²) in [6.45, 7) is 3.13. The van der Waals surface area contributed by atoms with Crippen molar-refractivity contribution in [1.82, 2.24) is 14.8 Å². The third-order valence-corrected chi connectivity index (χ3v) is 5.12. The normalized spacial score (nSPS) is 27.6. The number of likely N-dealkylation sites (tertiary alicyclic amines) is 1. The van der Waals surface area contributed by atoms with E-state index in [1.165, 1.54) is 19.3 Å². The minimum Gasteiger partial charge on any atom is -0.373 e. The molecule has 0 aliphatic carbocycles. The van der Waals surface area contributed by atoms with Gasteiger partial charge in [-0.2, -0.15) is 0 Å². The van der Waals surface area contributed by atoms with Crippen LogP contribution >= 0.6 is 11.6 Å². The molecule has 2 aliphatic rings. The second-order valence-corrected chi connectivity index (χ2v) is 6.36. The van der Waals surface area contributed by atoms with Gasteiger partial charge in [0, 0.05) is 38.8 Å². The Labute approximate surface area is 126 Å². The molecule has 1 aromatic rings. The summed E-state index contributed by atoms with van der Waals surface area (Å²) in [5.41, 5.74) is 0.985. The molecule has 2 fully saturated rings. The number of nitrogens with zero attached hydrogens (tertiary/aromatic N) is 3. The van der Waals surface area contributed by atoms with E-state index in [0.717, 1.165) is 42.2 Å². The molecule has 0 spiro atoms. The number of anilines is 1. The van der Waals surface area contributed by atoms with E-state index in [-0.39, 0.29) is 0 Å². The largest absolute Gasteiger partial charge is 0.373 e. The molecule has 2 aliphatic heterocycles. The molecule has 5 heteroatoms. The zero-order valence-corrected chi connectivity index (χ0v) is 13.0. The van der Waals surface area contributed by atoms with Crippen molar-refractivity contribution in [3.05, 3.63) is 22.8 Å². The van der Waals surface area contributed by atoms with E-state index < -0.39 is 0 Å². The molecule has 110 valence electrons. The Morgan fingerprint density at radius 3 is 2.90 bits per heavy atom. The zero-order valence-electron chi connectivity index (χ0n) is 12.3. The quantitative estimate of drug-likeness (QED) is 0.928. The summed E-state index contributed by atoms with van der Waals surface area (Å²) >= 11 is 6.29. The van der Waals surface area contributed by atoms with Crippen molar-refractivity contribution in [2.24, 2.45) is 0 Å². The van der Waals surface area contributed by atoms with Crippen LogP contribution in [0.4, 0.5) is 5.82 Å². The fourth-order valence-electron chi connectivity index (χ4n) is 3.47. The van der Waals surface area contributed by atoms with Crippen molar-refractivity contribution in [3.63, 3.8) is 0 Å². The Hall–Kier alpha value is -0.840. The number of likely N-dealkylation sites (N-methyl/N-ethyl adjacent to an activating group) is 1. The van der Waals surface area contributed by atoms with Crippen LogP contribution in [0.3, 0.4) is 0 Å². The number of fused-ring (bicyclic) bond motifs is 2. The lowest BCUT2D eigenvalue weighted by Gasteiger charge is -2.25. The van der Waals surface area contributed by atoms with Crippen LogP contribution in [-0.2, 0) is 6.54 Å². The van der Waals surface area contributed by atoms with Crippen molar-refractivity contribution >= 4 is 17.4 Å². The predicted octanol–water partition coefficient (Wildman–Crippen LogP) is 2.45. The molecule has 0 amide bonds. The molecule has 2 saturated heterocycles. The molecular formula is C15H23ClN4. The van der Waals surface area contributed by atoms with Crippen LogP contribution in [0.25, 0.3) is 0 Å². The molecule has 0 aromatic carbocycles. The molecule has 4 nitrogen and oxygen atoms in total. The number of hydrogen-bond donors (Lipinski definition) is 1. The lowest BCUT2D eigenvalue weighted by Crippen LogP contribution is -2.36. The van der Waals surface area contributed by atoms with Gasteiger partial charge in [-0.15, -0.1) is 0 Å². The van der Waals surface area contributed by atoms with Gasteiger partial charge in [-0.1, -0.05) is 11.6 Å². The van der Waals surface area contributed by atoms with Crippen LogP contribution in [0.1, 0.15) is 25.0 Å². The van der Waals surface area contributed by atoms with E-state index in [2.05, 4.69) is 27.1 Å². The van der Waals surface area contributed by atoms with E-state index in [1.54, 1.807) is 0 Å². The molecule has 3 rings (SSSR count). The summed E-state index contributed by atoms with van der Waals surface area (Å²) in [5, 5.41) is 3.85. The number of pyridine rings is 1. The third kappa shape index (κ3) is 2.78. The van der Waals surface area contributed by atoms with E-state index >= 15 is 0 Å². The Bertz CT molecular complexity index is 479. The van der Waals surface area contributed by atoms with Crippen molar-refractivity contribution in [2.45, 2.75) is 37.9 Å². The van der Waals surface area contributed by atoms with E-state index in [9.17, 15) is 0 Å². The first-order chi connectivity index (χ1) is 9.67. The van der Waals surface area contributed by atoms with Gasteiger partial charge in [-0.3, -0.25) is 9.80 Å². The summed E-state index contributed by atoms with van der Waals surface area (Å²) in [7, 11) is 4.17. The molecule has 0 saturated carbocycles. The molecule has 20 heavy (non-hydrogen) atoms. The maximum atomic E-state index is 6.29. The number of rotatable bonds is 3. The van der Waals surface area contributed by atoms with Gasteiger partial charge in [0.2, 0.25) is 0 Å². The van der Waals surface area contributed by atoms with Crippen LogP contribution < -0.4 is 5.32 Å². The summed E-state index contributed by atoms with van der Waals surface area (Å²) < 4.78 is 0. The van der Waals surface area contributed by atoms with Gasteiger partial charge in [-0.05, 0) is 38.4 Å². The fourth-order valence-corrected chi connectivity index (χ4v) is 3.63. The van der Waals surface area contributed by atoms with Gasteiger partial charge in [0.25, 0.3) is 0 Å². The first-order valence-corrected chi connectivity index (χ1v) is 7.82. The Balaban J connectivity index is 1.72. The Kier molecular flexibility index (Phi) is 4.15. The summed E-state index contributed by atoms with van der Waals surface area (Å²) in [4.78, 5) is 9.67. The zero-order chi connectivity index (χ0) is 14.1. The maximum Gasteiger partial charge on any atom is 0.126 e. The summed E-state index contributed by atoms with van der Waals surface area (Å²) in [6.07, 6.45) is 3.95. The summed E-state index contributed by atoms with van der Waals surface area (Å²) in [6, 6.07) is 5.33. The molecule has 2 atom stereocenters. The van der Waals surface area contributed by atoms with Crippen molar-refractivity contribution < 1.29 is 0 Å². The third-order valence-electron chi connectivity index (χ3n) is 4.78. The first-order valence-electron chi connectivity index (χ1n) is 7.45. The average Bonchev–Trinajstić information content (AvgIpc) is 2.69. The smallest absolute Gasteiger partial charge is 0.126 e. The highest BCUT2D eigenvalue weighted by Gasteiger charge is 2.34. The maximum absolute atomic E-state index is 6.29. The van der Waals surface area contributed by atoms with E-state index in [4.69, 9.17) is 11.6 Å². The van der Waals surface area contributed by atoms with Gasteiger partial charge in [0.05, 0.1) is 10.7 Å². The Morgan fingerprint density at radius 2 is 2.10 bits per heavy atom. The van der Waals surface area contributed by atoms with Crippen molar-refractivity contribution in [3.8, 4) is 0 Å². The minimum absolute atomic E-state index is 0.703. The highest BCUT2D eigenvalue weighted by atomic mass is 35.5. The molecule has 1 N–H and O–H groups in total. The molecule has 2 unspecified atom stereocenters. The van der Waals surface area contributed by atoms with Crippen LogP contribution in [0.2, 0.25) is 5.02 Å². The number of aromatic nitrogens is 1. The van der Waals surface area contributed by atoms with Gasteiger partial charge in [0.15, 0.2) is 0 Å². The number of halogens is 1. The second kappa shape index (κ2) is 5.88. The van der Waals surface area contributed by atoms with E-state index in [1.807, 2.05) is 19.2 Å². The molecular weight excluding hydrogens is 272 g/mol. The van der Waals surface area contributed by atoms with Crippen molar-refractivity contribution in [1.29, 1.82) is 0 Å². The van der Waals surface area contributed by atoms with E-state index in [0.29, 0.717) is 6.04 Å². The lowest BCUT2D eigenvalue weighted by atomic mass is 10.1. The summed E-state index contributed by atoms with van der Waals surface area (Å²) in [5.74, 6) is 0.887. The molecule has 0 radical (unpaired) electrons. The second-order valence-electron chi connectivity index (χ2n) is 5.95. The van der Waals surface area contributed by atoms with Crippen LogP contribution in [0.15, 0.2) is 12.1 Å². The SMILES string of the molecule is CNc1ccc(Cl)c(CN2CCC3CCC(C2)N3C)n1. The van der Waals surface area contributed by atoms with Crippen LogP contribution in [0.5, 0.6) is 0 Å². The standard InChI is InChI=1S/C15H23ClN4/c1-17-15-6-5-13(16)14(18-15)10-20-8-7-11-3-4-12(9-20)19(11)2/h5-6,11-12H,3-4,7-10H2,1-2H3,(H,17,18). The van der Waals surface area contributed by atoms with Gasteiger partial charge < -0.3 is 5.32 Å². The van der Waals surface area contributed by atoms with Crippen LogP contribution in [0, 0.1) is 0 Å². The minimum atomic E-state index is 0.703. The monoisotopic (exact) mass is 294 g/mol. The van der Waals surface area contributed by atoms with Gasteiger partial charge >= 0.3 is 0 Å². The first kappa shape index (κ1) is 14.1. The van der Waals surface area contributed by atoms with Gasteiger partial charge in [0.1, 0.15) is 5.82 Å². The Morgan fingerprint density at radius 1 is 1.30 bits per heavy atom. The average molecular weight is 295 g/mol. The molecule has 3 heterocycles. The predicted molar refractivity (Wildman–Crippen MR) is 83.3 cm³/mol. The van der Waals surface area contributed by atoms with Crippen molar-refractivity contribution in [2.75, 3.05) is 32.5 Å².